The number of aliphatic hydroxyl groups is 1. The van der Waals surface area contributed by atoms with Crippen molar-refractivity contribution in [1.82, 2.24) is 9.97 Å². The number of aromatic nitrogens is 2. The van der Waals surface area contributed by atoms with Crippen LogP contribution in [0, 0.1) is 0 Å². The highest BCUT2D eigenvalue weighted by molar-refractivity contribution is 6.29. The third-order valence-corrected chi connectivity index (χ3v) is 2.68. The van der Waals surface area contributed by atoms with Gasteiger partial charge in [0.2, 0.25) is 0 Å². The molecule has 0 amide bonds. The first-order valence-corrected chi connectivity index (χ1v) is 6.37. The summed E-state index contributed by atoms with van der Waals surface area (Å²) in [6, 6.07) is 1.70. The van der Waals surface area contributed by atoms with E-state index in [9.17, 15) is 5.11 Å². The normalized spacial score (nSPS) is 12.8. The van der Waals surface area contributed by atoms with E-state index in [0.29, 0.717) is 18.1 Å². The van der Waals surface area contributed by atoms with Gasteiger partial charge in [-0.3, -0.25) is 0 Å². The Kier molecular flexibility index (Phi) is 5.65. The zero-order chi connectivity index (χ0) is 12.8. The molecule has 1 aromatic rings. The van der Waals surface area contributed by atoms with E-state index in [1.54, 1.807) is 6.07 Å². The van der Waals surface area contributed by atoms with Crippen molar-refractivity contribution in [2.75, 3.05) is 11.9 Å². The Morgan fingerprint density at radius 3 is 2.71 bits per heavy atom. The van der Waals surface area contributed by atoms with Gasteiger partial charge in [-0.15, -0.1) is 0 Å². The zero-order valence-electron chi connectivity index (χ0n) is 10.6. The Balaban J connectivity index is 2.59. The van der Waals surface area contributed by atoms with Crippen LogP contribution in [0.5, 0.6) is 0 Å². The van der Waals surface area contributed by atoms with Gasteiger partial charge in [0.1, 0.15) is 16.8 Å². The molecule has 0 aliphatic rings. The van der Waals surface area contributed by atoms with E-state index in [4.69, 9.17) is 11.6 Å². The van der Waals surface area contributed by atoms with Gasteiger partial charge in [-0.1, -0.05) is 32.4 Å². The maximum Gasteiger partial charge on any atom is 0.135 e. The molecule has 0 fully saturated rings. The fourth-order valence-corrected chi connectivity index (χ4v) is 1.54. The fourth-order valence-electron chi connectivity index (χ4n) is 1.35. The van der Waals surface area contributed by atoms with Gasteiger partial charge in [-0.05, 0) is 12.8 Å². The fraction of sp³-hybridized carbons (Fsp3) is 0.667. The zero-order valence-corrected chi connectivity index (χ0v) is 11.3. The molecule has 0 aliphatic heterocycles. The molecule has 0 aliphatic carbocycles. The number of rotatable bonds is 6. The third-order valence-electron chi connectivity index (χ3n) is 2.48. The summed E-state index contributed by atoms with van der Waals surface area (Å²) in [5.41, 5.74) is 0. The lowest BCUT2D eigenvalue weighted by Gasteiger charge is -2.11. The van der Waals surface area contributed by atoms with Crippen LogP contribution in [0.4, 0.5) is 5.82 Å². The van der Waals surface area contributed by atoms with Gasteiger partial charge in [-0.2, -0.15) is 0 Å². The van der Waals surface area contributed by atoms with Gasteiger partial charge in [0, 0.05) is 18.5 Å². The number of halogens is 1. The van der Waals surface area contributed by atoms with Crippen molar-refractivity contribution in [2.24, 2.45) is 0 Å². The van der Waals surface area contributed by atoms with E-state index < -0.39 is 0 Å². The predicted octanol–water partition coefficient (Wildman–Crippen LogP) is 2.83. The summed E-state index contributed by atoms with van der Waals surface area (Å²) in [7, 11) is 0. The topological polar surface area (TPSA) is 58.0 Å². The van der Waals surface area contributed by atoms with Gasteiger partial charge >= 0.3 is 0 Å². The molecule has 0 aromatic carbocycles. The van der Waals surface area contributed by atoms with Crippen LogP contribution in [0.25, 0.3) is 0 Å². The highest BCUT2D eigenvalue weighted by Gasteiger charge is 2.07. The van der Waals surface area contributed by atoms with Crippen LogP contribution >= 0.6 is 11.6 Å². The molecule has 4 nitrogen and oxygen atoms in total. The summed E-state index contributed by atoms with van der Waals surface area (Å²) >= 11 is 5.92. The van der Waals surface area contributed by atoms with Crippen LogP contribution in [0.3, 0.4) is 0 Å². The summed E-state index contributed by atoms with van der Waals surface area (Å²) in [5, 5.41) is 13.0. The van der Waals surface area contributed by atoms with Gasteiger partial charge in [0.15, 0.2) is 0 Å². The van der Waals surface area contributed by atoms with Crippen molar-refractivity contribution in [1.29, 1.82) is 0 Å². The lowest BCUT2D eigenvalue weighted by atomic mass is 10.2. The lowest BCUT2D eigenvalue weighted by molar-refractivity contribution is 0.164. The van der Waals surface area contributed by atoms with Crippen LogP contribution in [-0.2, 0) is 0 Å². The molecule has 1 heterocycles. The second-order valence-electron chi connectivity index (χ2n) is 4.37. The third kappa shape index (κ3) is 4.88. The smallest absolute Gasteiger partial charge is 0.135 e. The maximum atomic E-state index is 9.43. The standard InChI is InChI=1S/C12H20ClN3O/c1-4-9(17)5-6-14-11-7-10(13)15-12(16-11)8(2)3/h7-9,17H,4-6H2,1-3H3,(H,14,15,16). The van der Waals surface area contributed by atoms with Crippen LogP contribution < -0.4 is 5.32 Å². The monoisotopic (exact) mass is 257 g/mol. The van der Waals surface area contributed by atoms with Gasteiger partial charge < -0.3 is 10.4 Å². The highest BCUT2D eigenvalue weighted by Crippen LogP contribution is 2.16. The molecule has 1 unspecified atom stereocenters. The first kappa shape index (κ1) is 14.2. The number of nitrogens with one attached hydrogen (secondary N) is 1. The minimum atomic E-state index is -0.260. The summed E-state index contributed by atoms with van der Waals surface area (Å²) < 4.78 is 0. The molecule has 1 aromatic heterocycles. The number of aliphatic hydroxyl groups excluding tert-OH is 1. The van der Waals surface area contributed by atoms with Crippen molar-refractivity contribution < 1.29 is 5.11 Å². The number of hydrogen-bond donors (Lipinski definition) is 2. The van der Waals surface area contributed by atoms with Crippen molar-refractivity contribution in [3.8, 4) is 0 Å². The molecule has 0 saturated heterocycles. The van der Waals surface area contributed by atoms with Gasteiger partial charge in [0.05, 0.1) is 6.10 Å². The second kappa shape index (κ2) is 6.77. The summed E-state index contributed by atoms with van der Waals surface area (Å²) in [4.78, 5) is 8.53. The van der Waals surface area contributed by atoms with Crippen LogP contribution in [-0.4, -0.2) is 27.7 Å². The molecule has 0 bridgehead atoms. The first-order chi connectivity index (χ1) is 8.02. The second-order valence-corrected chi connectivity index (χ2v) is 4.75. The molecule has 1 rings (SSSR count). The van der Waals surface area contributed by atoms with Crippen molar-refractivity contribution in [3.63, 3.8) is 0 Å². The Bertz CT molecular complexity index is 358. The first-order valence-electron chi connectivity index (χ1n) is 5.99. The largest absolute Gasteiger partial charge is 0.393 e. The highest BCUT2D eigenvalue weighted by atomic mass is 35.5. The van der Waals surface area contributed by atoms with E-state index in [0.717, 1.165) is 18.1 Å². The van der Waals surface area contributed by atoms with E-state index in [1.165, 1.54) is 0 Å². The molecule has 2 N–H and O–H groups in total. The molecule has 0 spiro atoms. The van der Waals surface area contributed by atoms with E-state index in [1.807, 2.05) is 20.8 Å². The summed E-state index contributed by atoms with van der Waals surface area (Å²) in [5.74, 6) is 1.70. The van der Waals surface area contributed by atoms with E-state index in [2.05, 4.69) is 15.3 Å². The molecular formula is C12H20ClN3O. The number of anilines is 1. The van der Waals surface area contributed by atoms with E-state index >= 15 is 0 Å². The molecule has 1 atom stereocenters. The molecule has 17 heavy (non-hydrogen) atoms. The molecular weight excluding hydrogens is 238 g/mol. The average molecular weight is 258 g/mol. The SMILES string of the molecule is CCC(O)CCNc1cc(Cl)nc(C(C)C)n1. The summed E-state index contributed by atoms with van der Waals surface area (Å²) in [6.45, 7) is 6.69. The van der Waals surface area contributed by atoms with Crippen molar-refractivity contribution in [2.45, 2.75) is 45.6 Å². The molecule has 96 valence electrons. The molecule has 0 saturated carbocycles. The molecule has 0 radical (unpaired) electrons. The molecule has 5 heteroatoms. The maximum absolute atomic E-state index is 9.43. The van der Waals surface area contributed by atoms with Crippen LogP contribution in [0.15, 0.2) is 6.07 Å². The van der Waals surface area contributed by atoms with Gasteiger partial charge in [-0.25, -0.2) is 9.97 Å². The van der Waals surface area contributed by atoms with Crippen molar-refractivity contribution in [3.05, 3.63) is 17.0 Å². The Hall–Kier alpha value is -0.870. The number of nitrogens with zero attached hydrogens (tertiary/aromatic N) is 2. The van der Waals surface area contributed by atoms with Crippen molar-refractivity contribution >= 4 is 17.4 Å². The van der Waals surface area contributed by atoms with E-state index in [-0.39, 0.29) is 12.0 Å². The lowest BCUT2D eigenvalue weighted by Crippen LogP contribution is -2.13. The Morgan fingerprint density at radius 2 is 2.12 bits per heavy atom. The predicted molar refractivity (Wildman–Crippen MR) is 70.5 cm³/mol. The summed E-state index contributed by atoms with van der Waals surface area (Å²) in [6.07, 6.45) is 1.21. The quantitative estimate of drug-likeness (QED) is 0.770. The Labute approximate surface area is 107 Å². The van der Waals surface area contributed by atoms with Crippen LogP contribution in [0.1, 0.15) is 45.4 Å². The average Bonchev–Trinajstić information content (AvgIpc) is 2.28. The van der Waals surface area contributed by atoms with Gasteiger partial charge in [0.25, 0.3) is 0 Å². The minimum absolute atomic E-state index is 0.246. The minimum Gasteiger partial charge on any atom is -0.393 e. The van der Waals surface area contributed by atoms with Crippen LogP contribution in [0.2, 0.25) is 5.15 Å². The number of hydrogen-bond acceptors (Lipinski definition) is 4. The Morgan fingerprint density at radius 1 is 1.41 bits per heavy atom.